The van der Waals surface area contributed by atoms with Gasteiger partial charge in [-0.2, -0.15) is 0 Å². The van der Waals surface area contributed by atoms with Crippen LogP contribution >= 0.6 is 0 Å². The van der Waals surface area contributed by atoms with Gasteiger partial charge in [-0.3, -0.25) is 4.79 Å². The molecule has 0 aliphatic rings. The summed E-state index contributed by atoms with van der Waals surface area (Å²) >= 11 is 0. The van der Waals surface area contributed by atoms with E-state index in [0.29, 0.717) is 0 Å². The molecule has 1 amide bonds. The second-order valence-corrected chi connectivity index (χ2v) is 6.45. The van der Waals surface area contributed by atoms with Gasteiger partial charge in [0.15, 0.2) is 6.61 Å². The molecule has 0 heterocycles. The fraction of sp³-hybridized carbons (Fsp3) is 0.227. The summed E-state index contributed by atoms with van der Waals surface area (Å²) in [6.45, 7) is 5.99. The summed E-state index contributed by atoms with van der Waals surface area (Å²) in [6.07, 6.45) is 0. The van der Waals surface area contributed by atoms with Gasteiger partial charge in [0.1, 0.15) is 5.75 Å². The zero-order chi connectivity index (χ0) is 17.8. The summed E-state index contributed by atoms with van der Waals surface area (Å²) in [5.74, 6) is 0.634. The number of fused-ring (bicyclic) bond motifs is 1. The van der Waals surface area contributed by atoms with Crippen molar-refractivity contribution in [1.82, 2.24) is 5.32 Å². The molecule has 1 N–H and O–H groups in total. The van der Waals surface area contributed by atoms with Crippen molar-refractivity contribution in [3.8, 4) is 5.75 Å². The molecule has 3 aromatic carbocycles. The highest BCUT2D eigenvalue weighted by molar-refractivity contribution is 5.83. The fourth-order valence-electron chi connectivity index (χ4n) is 2.85. The number of hydrogen-bond donors (Lipinski definition) is 1. The molecule has 0 radical (unpaired) electrons. The quantitative estimate of drug-likeness (QED) is 0.734. The van der Waals surface area contributed by atoms with Crippen molar-refractivity contribution >= 4 is 16.7 Å². The van der Waals surface area contributed by atoms with E-state index in [1.807, 2.05) is 51.1 Å². The van der Waals surface area contributed by atoms with Crippen LogP contribution in [0.15, 0.2) is 60.7 Å². The lowest BCUT2D eigenvalue weighted by Crippen LogP contribution is -2.31. The van der Waals surface area contributed by atoms with Gasteiger partial charge in [0.2, 0.25) is 0 Å². The molecule has 3 heteroatoms. The Bertz CT molecular complexity index is 901. The number of nitrogens with one attached hydrogen (secondary N) is 1. The summed E-state index contributed by atoms with van der Waals surface area (Å²) in [6, 6.07) is 20.4. The molecule has 0 spiro atoms. The van der Waals surface area contributed by atoms with Gasteiger partial charge in [-0.1, -0.05) is 48.5 Å². The van der Waals surface area contributed by atoms with E-state index in [2.05, 4.69) is 35.6 Å². The minimum Gasteiger partial charge on any atom is -0.483 e. The van der Waals surface area contributed by atoms with Gasteiger partial charge in [0.25, 0.3) is 5.91 Å². The second kappa shape index (κ2) is 7.39. The van der Waals surface area contributed by atoms with E-state index in [0.717, 1.165) is 22.4 Å². The van der Waals surface area contributed by atoms with Gasteiger partial charge < -0.3 is 10.1 Å². The summed E-state index contributed by atoms with van der Waals surface area (Å²) in [4.78, 5) is 12.2. The van der Waals surface area contributed by atoms with Gasteiger partial charge in [-0.25, -0.2) is 0 Å². The van der Waals surface area contributed by atoms with E-state index in [1.54, 1.807) is 0 Å². The zero-order valence-corrected chi connectivity index (χ0v) is 14.9. The van der Waals surface area contributed by atoms with Crippen LogP contribution in [0.3, 0.4) is 0 Å². The van der Waals surface area contributed by atoms with Crippen LogP contribution in [0.1, 0.15) is 29.7 Å². The SMILES string of the molecule is Cc1ccc(C)c(OCC(=O)NC(C)c2ccc3ccccc3c2)c1. The summed E-state index contributed by atoms with van der Waals surface area (Å²) in [7, 11) is 0. The van der Waals surface area contributed by atoms with E-state index >= 15 is 0 Å². The summed E-state index contributed by atoms with van der Waals surface area (Å²) < 4.78 is 5.67. The maximum atomic E-state index is 12.2. The third-order valence-corrected chi connectivity index (χ3v) is 4.35. The van der Waals surface area contributed by atoms with E-state index in [4.69, 9.17) is 4.74 Å². The Morgan fingerprint density at radius 1 is 1.00 bits per heavy atom. The molecular weight excluding hydrogens is 310 g/mol. The van der Waals surface area contributed by atoms with Crippen molar-refractivity contribution in [2.75, 3.05) is 6.61 Å². The van der Waals surface area contributed by atoms with Crippen LogP contribution in [0.25, 0.3) is 10.8 Å². The molecule has 3 nitrogen and oxygen atoms in total. The molecule has 1 atom stereocenters. The van der Waals surface area contributed by atoms with Crippen LogP contribution < -0.4 is 10.1 Å². The summed E-state index contributed by atoms with van der Waals surface area (Å²) in [5.41, 5.74) is 3.23. The molecule has 0 aliphatic heterocycles. The van der Waals surface area contributed by atoms with Gasteiger partial charge >= 0.3 is 0 Å². The smallest absolute Gasteiger partial charge is 0.258 e. The number of carbonyl (C=O) groups is 1. The Kier molecular flexibility index (Phi) is 5.03. The number of amides is 1. The van der Waals surface area contributed by atoms with Crippen LogP contribution in [0.4, 0.5) is 0 Å². The third-order valence-electron chi connectivity index (χ3n) is 4.35. The Hall–Kier alpha value is -2.81. The Morgan fingerprint density at radius 3 is 2.56 bits per heavy atom. The molecule has 0 aromatic heterocycles. The van der Waals surface area contributed by atoms with Gasteiger partial charge in [-0.05, 0) is 60.4 Å². The minimum absolute atomic E-state index is 0.0161. The van der Waals surface area contributed by atoms with Crippen molar-refractivity contribution < 1.29 is 9.53 Å². The van der Waals surface area contributed by atoms with Gasteiger partial charge in [-0.15, -0.1) is 0 Å². The van der Waals surface area contributed by atoms with Crippen LogP contribution in [0, 0.1) is 13.8 Å². The topological polar surface area (TPSA) is 38.3 Å². The van der Waals surface area contributed by atoms with E-state index in [-0.39, 0.29) is 18.6 Å². The monoisotopic (exact) mass is 333 g/mol. The highest BCUT2D eigenvalue weighted by atomic mass is 16.5. The van der Waals surface area contributed by atoms with Crippen LogP contribution in [-0.4, -0.2) is 12.5 Å². The first-order chi connectivity index (χ1) is 12.0. The first-order valence-electron chi connectivity index (χ1n) is 8.51. The third kappa shape index (κ3) is 4.18. The van der Waals surface area contributed by atoms with Crippen molar-refractivity contribution in [3.63, 3.8) is 0 Å². The molecule has 25 heavy (non-hydrogen) atoms. The molecule has 0 saturated heterocycles. The van der Waals surface area contributed by atoms with Crippen molar-refractivity contribution in [2.24, 2.45) is 0 Å². The Labute approximate surface area is 148 Å². The van der Waals surface area contributed by atoms with Crippen LogP contribution in [0.2, 0.25) is 0 Å². The lowest BCUT2D eigenvalue weighted by molar-refractivity contribution is -0.123. The molecule has 0 bridgehead atoms. The van der Waals surface area contributed by atoms with E-state index < -0.39 is 0 Å². The Balaban J connectivity index is 1.62. The normalized spacial score (nSPS) is 12.0. The summed E-state index contributed by atoms with van der Waals surface area (Å²) in [5, 5.41) is 5.37. The maximum absolute atomic E-state index is 12.2. The lowest BCUT2D eigenvalue weighted by Gasteiger charge is -2.16. The molecule has 3 rings (SSSR count). The molecule has 0 fully saturated rings. The van der Waals surface area contributed by atoms with Crippen LogP contribution in [0.5, 0.6) is 5.75 Å². The lowest BCUT2D eigenvalue weighted by atomic mass is 10.0. The highest BCUT2D eigenvalue weighted by Gasteiger charge is 2.11. The highest BCUT2D eigenvalue weighted by Crippen LogP contribution is 2.21. The van der Waals surface area contributed by atoms with Crippen molar-refractivity contribution in [1.29, 1.82) is 0 Å². The average molecular weight is 333 g/mol. The van der Waals surface area contributed by atoms with Gasteiger partial charge in [0.05, 0.1) is 6.04 Å². The average Bonchev–Trinajstić information content (AvgIpc) is 2.62. The standard InChI is InChI=1S/C22H23NO2/c1-15-8-9-16(2)21(12-15)25-14-22(24)23-17(3)19-11-10-18-6-4-5-7-20(18)13-19/h4-13,17H,14H2,1-3H3,(H,23,24). The number of hydrogen-bond acceptors (Lipinski definition) is 2. The predicted octanol–water partition coefficient (Wildman–Crippen LogP) is 4.71. The predicted molar refractivity (Wildman–Crippen MR) is 102 cm³/mol. The van der Waals surface area contributed by atoms with Crippen molar-refractivity contribution in [3.05, 3.63) is 77.4 Å². The molecule has 128 valence electrons. The molecule has 0 aliphatic carbocycles. The number of rotatable bonds is 5. The molecular formula is C22H23NO2. The van der Waals surface area contributed by atoms with Crippen molar-refractivity contribution in [2.45, 2.75) is 26.8 Å². The zero-order valence-electron chi connectivity index (χ0n) is 14.9. The van der Waals surface area contributed by atoms with Gasteiger partial charge in [0, 0.05) is 0 Å². The molecule has 1 unspecified atom stereocenters. The van der Waals surface area contributed by atoms with Crippen LogP contribution in [-0.2, 0) is 4.79 Å². The molecule has 0 saturated carbocycles. The van der Waals surface area contributed by atoms with E-state index in [9.17, 15) is 4.79 Å². The van der Waals surface area contributed by atoms with E-state index in [1.165, 1.54) is 10.8 Å². The number of carbonyl (C=O) groups excluding carboxylic acids is 1. The maximum Gasteiger partial charge on any atom is 0.258 e. The first-order valence-corrected chi connectivity index (χ1v) is 8.51. The number of ether oxygens (including phenoxy) is 1. The Morgan fingerprint density at radius 2 is 1.76 bits per heavy atom. The number of benzene rings is 3. The largest absolute Gasteiger partial charge is 0.483 e. The fourth-order valence-corrected chi connectivity index (χ4v) is 2.85. The first kappa shape index (κ1) is 17.0. The molecule has 3 aromatic rings. The number of aryl methyl sites for hydroxylation is 2. The minimum atomic E-state index is -0.124. The second-order valence-electron chi connectivity index (χ2n) is 6.45.